The molecule has 2 amide bonds. The van der Waals surface area contributed by atoms with Gasteiger partial charge in [0.05, 0.1) is 6.04 Å². The number of rotatable bonds is 4. The number of carbonyl (C=O) groups excluding carboxylic acids is 2. The Bertz CT molecular complexity index is 388. The van der Waals surface area contributed by atoms with E-state index in [1.54, 1.807) is 0 Å². The maximum Gasteiger partial charge on any atom is 0.407 e. The first-order chi connectivity index (χ1) is 10.1. The number of amides is 2. The number of nitrogens with zero attached hydrogens (tertiary/aromatic N) is 1. The zero-order chi connectivity index (χ0) is 16.9. The Morgan fingerprint density at radius 3 is 2.41 bits per heavy atom. The Morgan fingerprint density at radius 2 is 1.91 bits per heavy atom. The summed E-state index contributed by atoms with van der Waals surface area (Å²) in [6.07, 6.45) is 1.92. The molecule has 0 spiro atoms. The fourth-order valence-corrected chi connectivity index (χ4v) is 2.78. The Balaban J connectivity index is 2.68. The second-order valence-corrected chi connectivity index (χ2v) is 7.63. The smallest absolute Gasteiger partial charge is 0.407 e. The molecule has 0 aliphatic carbocycles. The summed E-state index contributed by atoms with van der Waals surface area (Å²) in [5.74, 6) is 1.08. The van der Waals surface area contributed by atoms with Gasteiger partial charge in [-0.1, -0.05) is 20.8 Å². The molecule has 0 radical (unpaired) electrons. The normalized spacial score (nSPS) is 22.6. The van der Waals surface area contributed by atoms with Crippen LogP contribution in [-0.2, 0) is 9.53 Å². The van der Waals surface area contributed by atoms with E-state index in [1.165, 1.54) is 0 Å². The lowest BCUT2D eigenvalue weighted by molar-refractivity contribution is -0.134. The summed E-state index contributed by atoms with van der Waals surface area (Å²) in [7, 11) is 0. The zero-order valence-corrected chi connectivity index (χ0v) is 14.9. The molecule has 22 heavy (non-hydrogen) atoms. The van der Waals surface area contributed by atoms with E-state index in [-0.39, 0.29) is 11.9 Å². The minimum absolute atomic E-state index is 0.0307. The number of piperidine rings is 1. The molecule has 2 atom stereocenters. The van der Waals surface area contributed by atoms with Crippen molar-refractivity contribution in [2.75, 3.05) is 13.1 Å². The molecule has 2 unspecified atom stereocenters. The summed E-state index contributed by atoms with van der Waals surface area (Å²) in [5, 5.41) is 2.93. The van der Waals surface area contributed by atoms with Gasteiger partial charge in [-0.15, -0.1) is 0 Å². The van der Waals surface area contributed by atoms with E-state index in [0.717, 1.165) is 19.4 Å². The average molecular weight is 312 g/mol. The zero-order valence-electron chi connectivity index (χ0n) is 14.9. The number of hydrogen-bond donors (Lipinski definition) is 1. The number of hydrogen-bond acceptors (Lipinski definition) is 3. The van der Waals surface area contributed by atoms with Crippen LogP contribution in [0.25, 0.3) is 0 Å². The van der Waals surface area contributed by atoms with Crippen LogP contribution in [0.3, 0.4) is 0 Å². The predicted octanol–water partition coefficient (Wildman–Crippen LogP) is 3.18. The van der Waals surface area contributed by atoms with Crippen molar-refractivity contribution in [1.29, 1.82) is 0 Å². The topological polar surface area (TPSA) is 58.6 Å². The van der Waals surface area contributed by atoms with Crippen molar-refractivity contribution in [3.63, 3.8) is 0 Å². The molecule has 128 valence electrons. The maximum absolute atomic E-state index is 12.2. The van der Waals surface area contributed by atoms with Crippen LogP contribution in [-0.4, -0.2) is 41.6 Å². The predicted molar refractivity (Wildman–Crippen MR) is 87.6 cm³/mol. The lowest BCUT2D eigenvalue weighted by atomic mass is 9.85. The number of likely N-dealkylation sites (tertiary alicyclic amines) is 1. The molecule has 0 aromatic carbocycles. The molecule has 0 aromatic heterocycles. The second kappa shape index (κ2) is 7.84. The van der Waals surface area contributed by atoms with Gasteiger partial charge < -0.3 is 15.0 Å². The largest absolute Gasteiger partial charge is 0.444 e. The highest BCUT2D eigenvalue weighted by molar-refractivity contribution is 5.76. The lowest BCUT2D eigenvalue weighted by Gasteiger charge is -2.40. The standard InChI is InChI=1S/C17H32N2O3/c1-7-8-15(20)19-10-13(12(2)3)9-14(11-19)18-16(21)22-17(4,5)6/h12-14H,7-11H2,1-6H3,(H,18,21). The molecule has 1 N–H and O–H groups in total. The van der Waals surface area contributed by atoms with Crippen molar-refractivity contribution in [2.24, 2.45) is 11.8 Å². The van der Waals surface area contributed by atoms with Gasteiger partial charge in [-0.2, -0.15) is 0 Å². The number of ether oxygens (including phenoxy) is 1. The lowest BCUT2D eigenvalue weighted by Crippen LogP contribution is -2.54. The number of carbonyl (C=O) groups is 2. The van der Waals surface area contributed by atoms with Gasteiger partial charge in [0.2, 0.25) is 5.91 Å². The van der Waals surface area contributed by atoms with E-state index >= 15 is 0 Å². The van der Waals surface area contributed by atoms with Crippen LogP contribution in [0.2, 0.25) is 0 Å². The van der Waals surface area contributed by atoms with Gasteiger partial charge in [0, 0.05) is 19.5 Å². The Hall–Kier alpha value is -1.26. The van der Waals surface area contributed by atoms with Crippen molar-refractivity contribution < 1.29 is 14.3 Å². The van der Waals surface area contributed by atoms with Crippen LogP contribution in [0, 0.1) is 11.8 Å². The monoisotopic (exact) mass is 312 g/mol. The summed E-state index contributed by atoms with van der Waals surface area (Å²) in [4.78, 5) is 26.1. The molecule has 0 bridgehead atoms. The molecule has 1 saturated heterocycles. The van der Waals surface area contributed by atoms with E-state index < -0.39 is 11.7 Å². The van der Waals surface area contributed by atoms with Crippen molar-refractivity contribution in [3.05, 3.63) is 0 Å². The summed E-state index contributed by atoms with van der Waals surface area (Å²) in [5.41, 5.74) is -0.506. The first kappa shape index (κ1) is 18.8. The van der Waals surface area contributed by atoms with Gasteiger partial charge in [0.15, 0.2) is 0 Å². The molecular weight excluding hydrogens is 280 g/mol. The van der Waals surface area contributed by atoms with Gasteiger partial charge in [-0.25, -0.2) is 4.79 Å². The van der Waals surface area contributed by atoms with E-state index in [4.69, 9.17) is 4.74 Å². The fourth-order valence-electron chi connectivity index (χ4n) is 2.78. The van der Waals surface area contributed by atoms with Crippen molar-refractivity contribution in [3.8, 4) is 0 Å². The molecule has 0 saturated carbocycles. The summed E-state index contributed by atoms with van der Waals surface area (Å²) < 4.78 is 5.33. The van der Waals surface area contributed by atoms with Gasteiger partial charge in [0.1, 0.15) is 5.60 Å². The molecule has 1 fully saturated rings. The van der Waals surface area contributed by atoms with Crippen molar-refractivity contribution in [2.45, 2.75) is 72.4 Å². The fraction of sp³-hybridized carbons (Fsp3) is 0.882. The third kappa shape index (κ3) is 6.24. The van der Waals surface area contributed by atoms with Crippen molar-refractivity contribution in [1.82, 2.24) is 10.2 Å². The van der Waals surface area contributed by atoms with Crippen LogP contribution in [0.5, 0.6) is 0 Å². The van der Waals surface area contributed by atoms with Crippen molar-refractivity contribution >= 4 is 12.0 Å². The first-order valence-corrected chi connectivity index (χ1v) is 8.39. The van der Waals surface area contributed by atoms with Gasteiger partial charge >= 0.3 is 6.09 Å². The third-order valence-corrected chi connectivity index (χ3v) is 3.96. The second-order valence-electron chi connectivity index (χ2n) is 7.63. The van der Waals surface area contributed by atoms with Gasteiger partial charge in [0.25, 0.3) is 0 Å². The average Bonchev–Trinajstić information content (AvgIpc) is 2.36. The molecule has 5 heteroatoms. The molecule has 1 aliphatic heterocycles. The van der Waals surface area contributed by atoms with Crippen LogP contribution < -0.4 is 5.32 Å². The highest BCUT2D eigenvalue weighted by Crippen LogP contribution is 2.25. The number of alkyl carbamates (subject to hydrolysis) is 1. The van der Waals surface area contributed by atoms with Crippen LogP contribution in [0.4, 0.5) is 4.79 Å². The summed E-state index contributed by atoms with van der Waals surface area (Å²) in [6.45, 7) is 13.3. The maximum atomic E-state index is 12.2. The minimum atomic E-state index is -0.506. The Morgan fingerprint density at radius 1 is 1.27 bits per heavy atom. The Labute approximate surface area is 134 Å². The van der Waals surface area contributed by atoms with Crippen LogP contribution >= 0.6 is 0 Å². The quantitative estimate of drug-likeness (QED) is 0.867. The molecule has 5 nitrogen and oxygen atoms in total. The minimum Gasteiger partial charge on any atom is -0.444 e. The van der Waals surface area contributed by atoms with E-state index in [9.17, 15) is 9.59 Å². The van der Waals surface area contributed by atoms with Crippen LogP contribution in [0.1, 0.15) is 60.8 Å². The van der Waals surface area contributed by atoms with E-state index in [0.29, 0.717) is 24.8 Å². The molecular formula is C17H32N2O3. The van der Waals surface area contributed by atoms with Crippen LogP contribution in [0.15, 0.2) is 0 Å². The molecule has 1 aliphatic rings. The Kier molecular flexibility index (Phi) is 6.69. The van der Waals surface area contributed by atoms with Gasteiger partial charge in [-0.05, 0) is 45.4 Å². The molecule has 1 rings (SSSR count). The highest BCUT2D eigenvalue weighted by atomic mass is 16.6. The summed E-state index contributed by atoms with van der Waals surface area (Å²) in [6, 6.07) is -0.0307. The third-order valence-electron chi connectivity index (χ3n) is 3.96. The summed E-state index contributed by atoms with van der Waals surface area (Å²) >= 11 is 0. The number of nitrogens with one attached hydrogen (secondary N) is 1. The highest BCUT2D eigenvalue weighted by Gasteiger charge is 2.32. The first-order valence-electron chi connectivity index (χ1n) is 8.39. The van der Waals surface area contributed by atoms with E-state index in [2.05, 4.69) is 19.2 Å². The van der Waals surface area contributed by atoms with Gasteiger partial charge in [-0.3, -0.25) is 4.79 Å². The SMILES string of the molecule is CCCC(=O)N1CC(NC(=O)OC(C)(C)C)CC(C(C)C)C1. The molecule has 1 heterocycles. The molecule has 0 aromatic rings. The van der Waals surface area contributed by atoms with E-state index in [1.807, 2.05) is 32.6 Å².